The van der Waals surface area contributed by atoms with Crippen LogP contribution in [0.25, 0.3) is 0 Å². The summed E-state index contributed by atoms with van der Waals surface area (Å²) in [5, 5.41) is 13.6. The number of nitrogens with one attached hydrogen (secondary N) is 1. The predicted molar refractivity (Wildman–Crippen MR) is 85.9 cm³/mol. The highest BCUT2D eigenvalue weighted by atomic mass is 127. The van der Waals surface area contributed by atoms with Crippen LogP contribution < -0.4 is 5.32 Å². The van der Waals surface area contributed by atoms with E-state index in [4.69, 9.17) is 0 Å². The van der Waals surface area contributed by atoms with Crippen LogP contribution in [-0.4, -0.2) is 41.9 Å². The maximum atomic E-state index is 12.2. The molecule has 0 aliphatic heterocycles. The molecule has 0 saturated heterocycles. The van der Waals surface area contributed by atoms with E-state index in [0.717, 1.165) is 0 Å². The zero-order valence-corrected chi connectivity index (χ0v) is 14.1. The Bertz CT molecular complexity index is 530. The first-order valence-electron chi connectivity index (χ1n) is 6.05. The number of carbonyl (C=O) groups is 1. The summed E-state index contributed by atoms with van der Waals surface area (Å²) in [7, 11) is 3.87. The lowest BCUT2D eigenvalue weighted by atomic mass is 10.0. The molecule has 0 saturated carbocycles. The molecular formula is C13H18IN3O3. The summed E-state index contributed by atoms with van der Waals surface area (Å²) in [5.74, 6) is -0.298. The smallest absolute Gasteiger partial charge is 0.270 e. The minimum absolute atomic E-state index is 0.0811. The molecule has 1 N–H and O–H groups in total. The molecule has 6 nitrogen and oxygen atoms in total. The SMILES string of the molecule is CN(C)C(C)(C)CNC(=O)c1cc([N+](=O)[O-])ccc1I. The van der Waals surface area contributed by atoms with E-state index in [1.54, 1.807) is 6.07 Å². The Morgan fingerprint density at radius 1 is 1.45 bits per heavy atom. The monoisotopic (exact) mass is 391 g/mol. The van der Waals surface area contributed by atoms with Crippen molar-refractivity contribution in [3.63, 3.8) is 0 Å². The topological polar surface area (TPSA) is 75.5 Å². The van der Waals surface area contributed by atoms with Crippen molar-refractivity contribution in [3.8, 4) is 0 Å². The third kappa shape index (κ3) is 4.14. The number of rotatable bonds is 5. The van der Waals surface area contributed by atoms with Crippen LogP contribution in [0, 0.1) is 13.7 Å². The number of likely N-dealkylation sites (N-methyl/N-ethyl adjacent to an activating group) is 1. The van der Waals surface area contributed by atoms with E-state index >= 15 is 0 Å². The highest BCUT2D eigenvalue weighted by Gasteiger charge is 2.22. The quantitative estimate of drug-likeness (QED) is 0.475. The first-order chi connectivity index (χ1) is 9.15. The summed E-state index contributed by atoms with van der Waals surface area (Å²) in [5.41, 5.74) is 0.0544. The number of non-ortho nitro benzene ring substituents is 1. The van der Waals surface area contributed by atoms with Crippen LogP contribution in [-0.2, 0) is 0 Å². The zero-order chi connectivity index (χ0) is 15.5. The average molecular weight is 391 g/mol. The van der Waals surface area contributed by atoms with Crippen molar-refractivity contribution in [2.24, 2.45) is 0 Å². The molecule has 0 spiro atoms. The second-order valence-corrected chi connectivity index (χ2v) is 6.47. The van der Waals surface area contributed by atoms with Crippen LogP contribution in [0.1, 0.15) is 24.2 Å². The van der Waals surface area contributed by atoms with E-state index in [0.29, 0.717) is 15.7 Å². The Labute approximate surface area is 131 Å². The Kier molecular flexibility index (Phi) is 5.46. The fourth-order valence-corrected chi connectivity index (χ4v) is 1.93. The van der Waals surface area contributed by atoms with E-state index < -0.39 is 4.92 Å². The van der Waals surface area contributed by atoms with Gasteiger partial charge in [-0.3, -0.25) is 14.9 Å². The van der Waals surface area contributed by atoms with Crippen molar-refractivity contribution in [3.05, 3.63) is 37.4 Å². The van der Waals surface area contributed by atoms with Gasteiger partial charge >= 0.3 is 0 Å². The third-order valence-electron chi connectivity index (χ3n) is 3.30. The summed E-state index contributed by atoms with van der Waals surface area (Å²) < 4.78 is 0.688. The highest BCUT2D eigenvalue weighted by Crippen LogP contribution is 2.19. The number of amides is 1. The molecule has 0 atom stereocenters. The molecule has 0 aliphatic carbocycles. The molecule has 0 bridgehead atoms. The molecule has 0 unspecified atom stereocenters. The van der Waals surface area contributed by atoms with Crippen LogP contribution in [0.4, 0.5) is 5.69 Å². The molecule has 0 radical (unpaired) electrons. The molecule has 1 aromatic carbocycles. The normalized spacial score (nSPS) is 11.5. The van der Waals surface area contributed by atoms with E-state index in [1.165, 1.54) is 12.1 Å². The summed E-state index contributed by atoms with van der Waals surface area (Å²) in [6.45, 7) is 4.47. The Balaban J connectivity index is 2.88. The van der Waals surface area contributed by atoms with Gasteiger partial charge in [0.2, 0.25) is 0 Å². The summed E-state index contributed by atoms with van der Waals surface area (Å²) in [6, 6.07) is 4.27. The van der Waals surface area contributed by atoms with E-state index in [2.05, 4.69) is 5.32 Å². The van der Waals surface area contributed by atoms with Crippen LogP contribution in [0.15, 0.2) is 18.2 Å². The molecule has 7 heteroatoms. The van der Waals surface area contributed by atoms with Crippen molar-refractivity contribution < 1.29 is 9.72 Å². The molecular weight excluding hydrogens is 373 g/mol. The minimum atomic E-state index is -0.503. The Hall–Kier alpha value is -1.22. The fraction of sp³-hybridized carbons (Fsp3) is 0.462. The van der Waals surface area contributed by atoms with Crippen LogP contribution >= 0.6 is 22.6 Å². The van der Waals surface area contributed by atoms with Gasteiger partial charge in [0.25, 0.3) is 11.6 Å². The molecule has 20 heavy (non-hydrogen) atoms. The number of nitrogens with zero attached hydrogens (tertiary/aromatic N) is 2. The summed E-state index contributed by atoms with van der Waals surface area (Å²) >= 11 is 2.00. The van der Waals surface area contributed by atoms with Gasteiger partial charge in [0.15, 0.2) is 0 Å². The molecule has 110 valence electrons. The highest BCUT2D eigenvalue weighted by molar-refractivity contribution is 14.1. The lowest BCUT2D eigenvalue weighted by Gasteiger charge is -2.32. The standard InChI is InChI=1S/C13H18IN3O3/c1-13(2,16(3)4)8-15-12(18)10-7-9(17(19)20)5-6-11(10)14/h5-7H,8H2,1-4H3,(H,15,18). The second-order valence-electron chi connectivity index (χ2n) is 5.31. The van der Waals surface area contributed by atoms with Crippen molar-refractivity contribution in [1.82, 2.24) is 10.2 Å². The van der Waals surface area contributed by atoms with Gasteiger partial charge in [0.05, 0.1) is 10.5 Å². The zero-order valence-electron chi connectivity index (χ0n) is 11.9. The maximum Gasteiger partial charge on any atom is 0.270 e. The van der Waals surface area contributed by atoms with Gasteiger partial charge < -0.3 is 10.2 Å². The lowest BCUT2D eigenvalue weighted by Crippen LogP contribution is -2.48. The van der Waals surface area contributed by atoms with Crippen LogP contribution in [0.3, 0.4) is 0 Å². The maximum absolute atomic E-state index is 12.2. The molecule has 1 aromatic rings. The van der Waals surface area contributed by atoms with Crippen LogP contribution in [0.2, 0.25) is 0 Å². The van der Waals surface area contributed by atoms with Crippen molar-refractivity contribution in [2.75, 3.05) is 20.6 Å². The van der Waals surface area contributed by atoms with Gasteiger partial charge in [-0.05, 0) is 56.6 Å². The van der Waals surface area contributed by atoms with Crippen molar-refractivity contribution in [1.29, 1.82) is 0 Å². The minimum Gasteiger partial charge on any atom is -0.350 e. The van der Waals surface area contributed by atoms with Gasteiger partial charge in [-0.1, -0.05) is 0 Å². The average Bonchev–Trinajstić information content (AvgIpc) is 2.36. The summed E-state index contributed by atoms with van der Waals surface area (Å²) in [4.78, 5) is 24.4. The molecule has 0 heterocycles. The number of halogens is 1. The van der Waals surface area contributed by atoms with Crippen molar-refractivity contribution >= 4 is 34.2 Å². The first kappa shape index (κ1) is 16.8. The number of benzene rings is 1. The third-order valence-corrected chi connectivity index (χ3v) is 4.24. The lowest BCUT2D eigenvalue weighted by molar-refractivity contribution is -0.384. The van der Waals surface area contributed by atoms with E-state index in [-0.39, 0.29) is 17.1 Å². The largest absolute Gasteiger partial charge is 0.350 e. The van der Waals surface area contributed by atoms with E-state index in [9.17, 15) is 14.9 Å². The van der Waals surface area contributed by atoms with Crippen molar-refractivity contribution in [2.45, 2.75) is 19.4 Å². The number of nitro groups is 1. The fourth-order valence-electron chi connectivity index (χ4n) is 1.35. The first-order valence-corrected chi connectivity index (χ1v) is 7.12. The Morgan fingerprint density at radius 2 is 2.05 bits per heavy atom. The molecule has 0 fully saturated rings. The molecule has 1 amide bonds. The molecule has 1 rings (SSSR count). The van der Waals surface area contributed by atoms with Gasteiger partial charge in [0.1, 0.15) is 0 Å². The summed E-state index contributed by atoms with van der Waals surface area (Å²) in [6.07, 6.45) is 0. The number of hydrogen-bond donors (Lipinski definition) is 1. The number of nitro benzene ring substituents is 1. The number of carbonyl (C=O) groups excluding carboxylic acids is 1. The predicted octanol–water partition coefficient (Wildman–Crippen LogP) is 2.27. The molecule has 0 aliphatic rings. The Morgan fingerprint density at radius 3 is 2.55 bits per heavy atom. The van der Waals surface area contributed by atoms with Gasteiger partial charge in [-0.2, -0.15) is 0 Å². The second kappa shape index (κ2) is 6.49. The van der Waals surface area contributed by atoms with Gasteiger partial charge in [-0.25, -0.2) is 0 Å². The number of hydrogen-bond acceptors (Lipinski definition) is 4. The molecule has 0 aromatic heterocycles. The van der Waals surface area contributed by atoms with E-state index in [1.807, 2.05) is 55.4 Å². The van der Waals surface area contributed by atoms with Gasteiger partial charge in [-0.15, -0.1) is 0 Å². The van der Waals surface area contributed by atoms with Gasteiger partial charge in [0, 0.05) is 27.8 Å². The van der Waals surface area contributed by atoms with Crippen LogP contribution in [0.5, 0.6) is 0 Å².